The van der Waals surface area contributed by atoms with E-state index in [2.05, 4.69) is 5.32 Å². The van der Waals surface area contributed by atoms with E-state index in [0.29, 0.717) is 29.8 Å². The van der Waals surface area contributed by atoms with Crippen molar-refractivity contribution in [3.05, 3.63) is 54.0 Å². The predicted octanol–water partition coefficient (Wildman–Crippen LogP) is 2.14. The molecule has 5 nitrogen and oxygen atoms in total. The van der Waals surface area contributed by atoms with Crippen molar-refractivity contribution < 1.29 is 19.1 Å². The number of aliphatic hydroxyl groups is 1. The smallest absolute Gasteiger partial charge is 0.251 e. The van der Waals surface area contributed by atoms with E-state index in [1.54, 1.807) is 37.4 Å². The maximum atomic E-state index is 11.9. The largest absolute Gasteiger partial charge is 0.497 e. The molecule has 1 aromatic heterocycles. The second-order valence-corrected chi connectivity index (χ2v) is 4.35. The first-order valence-electron chi connectivity index (χ1n) is 6.33. The molecular weight excluding hydrogens is 258 g/mol. The monoisotopic (exact) mass is 275 g/mol. The topological polar surface area (TPSA) is 71.7 Å². The Labute approximate surface area is 117 Å². The highest BCUT2D eigenvalue weighted by Gasteiger charge is 2.10. The number of amides is 1. The molecule has 0 aliphatic heterocycles. The van der Waals surface area contributed by atoms with E-state index in [0.717, 1.165) is 0 Å². The molecule has 2 aromatic rings. The maximum Gasteiger partial charge on any atom is 0.251 e. The van der Waals surface area contributed by atoms with E-state index < -0.39 is 6.10 Å². The number of hydrogen-bond acceptors (Lipinski definition) is 4. The van der Waals surface area contributed by atoms with Crippen molar-refractivity contribution in [3.8, 4) is 5.75 Å². The first kappa shape index (κ1) is 14.1. The van der Waals surface area contributed by atoms with Crippen molar-refractivity contribution in [2.24, 2.45) is 0 Å². The normalized spacial score (nSPS) is 11.9. The van der Waals surface area contributed by atoms with Crippen molar-refractivity contribution in [3.63, 3.8) is 0 Å². The summed E-state index contributed by atoms with van der Waals surface area (Å²) < 4.78 is 9.92. The van der Waals surface area contributed by atoms with Gasteiger partial charge in [0.15, 0.2) is 0 Å². The zero-order chi connectivity index (χ0) is 14.4. The summed E-state index contributed by atoms with van der Waals surface area (Å²) in [5.74, 6) is 0.531. The molecule has 0 bridgehead atoms. The van der Waals surface area contributed by atoms with Gasteiger partial charge in [-0.25, -0.2) is 0 Å². The Morgan fingerprint density at radius 3 is 2.70 bits per heavy atom. The Balaban J connectivity index is 1.80. The minimum Gasteiger partial charge on any atom is -0.497 e. The molecule has 1 aromatic carbocycles. The van der Waals surface area contributed by atoms with Crippen LogP contribution in [0.2, 0.25) is 0 Å². The van der Waals surface area contributed by atoms with Gasteiger partial charge in [0, 0.05) is 17.7 Å². The molecule has 1 heterocycles. The van der Waals surface area contributed by atoms with Crippen LogP contribution in [0.5, 0.6) is 5.75 Å². The molecule has 0 saturated carbocycles. The van der Waals surface area contributed by atoms with Crippen molar-refractivity contribution >= 4 is 5.91 Å². The molecule has 1 atom stereocenters. The minimum absolute atomic E-state index is 0.174. The summed E-state index contributed by atoms with van der Waals surface area (Å²) in [6, 6.07) is 8.56. The zero-order valence-corrected chi connectivity index (χ0v) is 11.2. The highest BCUT2D eigenvalue weighted by atomic mass is 16.5. The van der Waals surface area contributed by atoms with Crippen LogP contribution in [0.15, 0.2) is 47.3 Å². The van der Waals surface area contributed by atoms with Crippen molar-refractivity contribution in [2.75, 3.05) is 13.7 Å². The van der Waals surface area contributed by atoms with Gasteiger partial charge in [-0.2, -0.15) is 0 Å². The van der Waals surface area contributed by atoms with Crippen LogP contribution in [0.4, 0.5) is 0 Å². The number of ether oxygens (including phenoxy) is 1. The van der Waals surface area contributed by atoms with Crippen LogP contribution in [0.25, 0.3) is 0 Å². The molecule has 0 radical (unpaired) electrons. The Kier molecular flexibility index (Phi) is 4.79. The number of rotatable bonds is 6. The highest BCUT2D eigenvalue weighted by Crippen LogP contribution is 2.16. The molecule has 0 aliphatic rings. The van der Waals surface area contributed by atoms with Gasteiger partial charge in [-0.1, -0.05) is 0 Å². The standard InChI is InChI=1S/C15H17NO4/c1-19-13-4-2-11(3-5-13)15(18)16-8-6-14(17)12-7-9-20-10-12/h2-5,7,9-10,14,17H,6,8H2,1H3,(H,16,18). The number of methoxy groups -OCH3 is 1. The van der Waals surface area contributed by atoms with Crippen LogP contribution < -0.4 is 10.1 Å². The summed E-state index contributed by atoms with van der Waals surface area (Å²) in [6.45, 7) is 0.386. The second kappa shape index (κ2) is 6.77. The third-order valence-corrected chi connectivity index (χ3v) is 2.98. The number of aliphatic hydroxyl groups excluding tert-OH is 1. The number of furan rings is 1. The fourth-order valence-electron chi connectivity index (χ4n) is 1.80. The fraction of sp³-hybridized carbons (Fsp3) is 0.267. The lowest BCUT2D eigenvalue weighted by atomic mass is 10.1. The molecule has 2 rings (SSSR count). The van der Waals surface area contributed by atoms with Crippen LogP contribution in [0, 0.1) is 0 Å². The Bertz CT molecular complexity index is 534. The summed E-state index contributed by atoms with van der Waals surface area (Å²) in [5.41, 5.74) is 1.27. The van der Waals surface area contributed by atoms with Gasteiger partial charge in [0.2, 0.25) is 0 Å². The molecule has 20 heavy (non-hydrogen) atoms. The SMILES string of the molecule is COc1ccc(C(=O)NCCC(O)c2ccoc2)cc1. The fourth-order valence-corrected chi connectivity index (χ4v) is 1.80. The molecule has 1 unspecified atom stereocenters. The van der Waals surface area contributed by atoms with Crippen molar-refractivity contribution in [1.82, 2.24) is 5.32 Å². The lowest BCUT2D eigenvalue weighted by molar-refractivity contribution is 0.0942. The number of carbonyl (C=O) groups is 1. The Hall–Kier alpha value is -2.27. The lowest BCUT2D eigenvalue weighted by Gasteiger charge is -2.09. The molecule has 1 amide bonds. The summed E-state index contributed by atoms with van der Waals surface area (Å²) in [5, 5.41) is 12.6. The van der Waals surface area contributed by atoms with Crippen LogP contribution in [0.3, 0.4) is 0 Å². The predicted molar refractivity (Wildman–Crippen MR) is 73.6 cm³/mol. The number of hydrogen-bond donors (Lipinski definition) is 2. The van der Waals surface area contributed by atoms with Crippen molar-refractivity contribution in [2.45, 2.75) is 12.5 Å². The third-order valence-electron chi connectivity index (χ3n) is 2.98. The van der Waals surface area contributed by atoms with Crippen LogP contribution in [0.1, 0.15) is 28.4 Å². The average molecular weight is 275 g/mol. The molecule has 0 saturated heterocycles. The van der Waals surface area contributed by atoms with Gasteiger partial charge < -0.3 is 19.6 Å². The first-order chi connectivity index (χ1) is 9.70. The van der Waals surface area contributed by atoms with Gasteiger partial charge in [-0.15, -0.1) is 0 Å². The van der Waals surface area contributed by atoms with Crippen LogP contribution in [-0.4, -0.2) is 24.7 Å². The molecule has 5 heteroatoms. The number of carbonyl (C=O) groups excluding carboxylic acids is 1. The highest BCUT2D eigenvalue weighted by molar-refractivity contribution is 5.94. The van der Waals surface area contributed by atoms with E-state index in [4.69, 9.17) is 9.15 Å². The summed E-state index contributed by atoms with van der Waals surface area (Å²) in [4.78, 5) is 11.9. The summed E-state index contributed by atoms with van der Waals surface area (Å²) in [7, 11) is 1.58. The summed E-state index contributed by atoms with van der Waals surface area (Å²) >= 11 is 0. The Morgan fingerprint density at radius 1 is 1.35 bits per heavy atom. The molecule has 0 fully saturated rings. The lowest BCUT2D eigenvalue weighted by Crippen LogP contribution is -2.25. The minimum atomic E-state index is -0.634. The molecule has 106 valence electrons. The van der Waals surface area contributed by atoms with Gasteiger partial charge in [0.1, 0.15) is 5.75 Å². The number of benzene rings is 1. The van der Waals surface area contributed by atoms with E-state index in [1.165, 1.54) is 12.5 Å². The zero-order valence-electron chi connectivity index (χ0n) is 11.2. The van der Waals surface area contributed by atoms with Gasteiger partial charge in [-0.3, -0.25) is 4.79 Å². The van der Waals surface area contributed by atoms with Gasteiger partial charge in [0.05, 0.1) is 25.7 Å². The third kappa shape index (κ3) is 3.61. The van der Waals surface area contributed by atoms with Gasteiger partial charge in [0.25, 0.3) is 5.91 Å². The maximum absolute atomic E-state index is 11.9. The van der Waals surface area contributed by atoms with E-state index in [-0.39, 0.29) is 5.91 Å². The first-order valence-corrected chi connectivity index (χ1v) is 6.33. The van der Waals surface area contributed by atoms with Crippen LogP contribution >= 0.6 is 0 Å². The van der Waals surface area contributed by atoms with E-state index >= 15 is 0 Å². The number of nitrogens with one attached hydrogen (secondary N) is 1. The second-order valence-electron chi connectivity index (χ2n) is 4.35. The van der Waals surface area contributed by atoms with Gasteiger partial charge in [-0.05, 0) is 36.8 Å². The van der Waals surface area contributed by atoms with Crippen LogP contribution in [-0.2, 0) is 0 Å². The van der Waals surface area contributed by atoms with E-state index in [1.807, 2.05) is 0 Å². The van der Waals surface area contributed by atoms with Crippen molar-refractivity contribution in [1.29, 1.82) is 0 Å². The van der Waals surface area contributed by atoms with E-state index in [9.17, 15) is 9.90 Å². The molecule has 2 N–H and O–H groups in total. The molecule has 0 spiro atoms. The molecular formula is C15H17NO4. The van der Waals surface area contributed by atoms with Gasteiger partial charge >= 0.3 is 0 Å². The quantitative estimate of drug-likeness (QED) is 0.847. The average Bonchev–Trinajstić information content (AvgIpc) is 3.01. The summed E-state index contributed by atoms with van der Waals surface area (Å²) in [6.07, 6.45) is 2.80. The Morgan fingerprint density at radius 2 is 2.10 bits per heavy atom. The molecule has 0 aliphatic carbocycles.